The van der Waals surface area contributed by atoms with Crippen LogP contribution in [0, 0.1) is 0 Å². The SMILES string of the molecule is O=C(O)CS(=O)(=O)c1cc(Cl)sc1Cl. The van der Waals surface area contributed by atoms with Crippen LogP contribution in [0.1, 0.15) is 0 Å². The lowest BCUT2D eigenvalue weighted by Gasteiger charge is -1.97. The summed E-state index contributed by atoms with van der Waals surface area (Å²) in [5.41, 5.74) is 0. The molecular weight excluding hydrogens is 271 g/mol. The molecule has 0 fully saturated rings. The third-order valence-electron chi connectivity index (χ3n) is 1.27. The average molecular weight is 275 g/mol. The van der Waals surface area contributed by atoms with Crippen LogP contribution in [0.3, 0.4) is 0 Å². The second-order valence-corrected chi connectivity index (χ2v) is 6.58. The van der Waals surface area contributed by atoms with E-state index in [1.54, 1.807) is 0 Å². The fraction of sp³-hybridized carbons (Fsp3) is 0.167. The minimum Gasteiger partial charge on any atom is -0.480 e. The highest BCUT2D eigenvalue weighted by Crippen LogP contribution is 2.34. The molecule has 1 N–H and O–H groups in total. The molecule has 0 aliphatic heterocycles. The van der Waals surface area contributed by atoms with Crippen molar-refractivity contribution in [3.05, 3.63) is 14.7 Å². The number of carboxylic acids is 1. The van der Waals surface area contributed by atoms with Gasteiger partial charge in [0.2, 0.25) is 0 Å². The van der Waals surface area contributed by atoms with Crippen LogP contribution in [-0.2, 0) is 14.6 Å². The number of sulfone groups is 1. The Labute approximate surface area is 94.0 Å². The van der Waals surface area contributed by atoms with Crippen LogP contribution in [0.25, 0.3) is 0 Å². The van der Waals surface area contributed by atoms with Gasteiger partial charge in [0.25, 0.3) is 0 Å². The Kier molecular flexibility index (Phi) is 3.41. The van der Waals surface area contributed by atoms with E-state index in [-0.39, 0.29) is 13.6 Å². The first-order valence-electron chi connectivity index (χ1n) is 3.22. The van der Waals surface area contributed by atoms with Gasteiger partial charge in [0.15, 0.2) is 15.6 Å². The predicted octanol–water partition coefficient (Wildman–Crippen LogP) is 1.91. The number of hydrogen-bond acceptors (Lipinski definition) is 4. The third-order valence-corrected chi connectivity index (χ3v) is 4.62. The Morgan fingerprint density at radius 1 is 1.50 bits per heavy atom. The fourth-order valence-corrected chi connectivity index (χ4v) is 4.07. The molecule has 1 rings (SSSR count). The van der Waals surface area contributed by atoms with Crippen molar-refractivity contribution in [2.24, 2.45) is 0 Å². The number of carboxylic acid groups (broad SMARTS) is 1. The molecule has 0 aliphatic rings. The minimum absolute atomic E-state index is 0.0174. The molecule has 0 atom stereocenters. The van der Waals surface area contributed by atoms with Crippen molar-refractivity contribution in [3.63, 3.8) is 0 Å². The van der Waals surface area contributed by atoms with Gasteiger partial charge >= 0.3 is 5.97 Å². The van der Waals surface area contributed by atoms with Gasteiger partial charge in [0.1, 0.15) is 4.34 Å². The predicted molar refractivity (Wildman–Crippen MR) is 54.0 cm³/mol. The highest BCUT2D eigenvalue weighted by molar-refractivity contribution is 7.92. The van der Waals surface area contributed by atoms with Gasteiger partial charge < -0.3 is 5.11 Å². The Hall–Kier alpha value is -0.300. The first-order valence-corrected chi connectivity index (χ1v) is 6.45. The molecule has 0 aliphatic carbocycles. The van der Waals surface area contributed by atoms with E-state index in [4.69, 9.17) is 28.3 Å². The molecule has 4 nitrogen and oxygen atoms in total. The molecule has 0 bridgehead atoms. The summed E-state index contributed by atoms with van der Waals surface area (Å²) in [6.45, 7) is 0. The monoisotopic (exact) mass is 274 g/mol. The maximum Gasteiger partial charge on any atom is 0.319 e. The minimum atomic E-state index is -3.87. The highest BCUT2D eigenvalue weighted by atomic mass is 35.5. The summed E-state index contributed by atoms with van der Waals surface area (Å²) in [4.78, 5) is 10.0. The summed E-state index contributed by atoms with van der Waals surface area (Å²) < 4.78 is 22.9. The van der Waals surface area contributed by atoms with Crippen molar-refractivity contribution in [3.8, 4) is 0 Å². The van der Waals surface area contributed by atoms with Crippen LogP contribution >= 0.6 is 34.5 Å². The van der Waals surface area contributed by atoms with Gasteiger partial charge in [-0.3, -0.25) is 4.79 Å². The van der Waals surface area contributed by atoms with E-state index in [0.29, 0.717) is 0 Å². The number of hydrogen-bond donors (Lipinski definition) is 1. The standard InChI is InChI=1S/C6H4Cl2O4S2/c7-4-1-3(6(8)13-4)14(11,12)2-5(9)10/h1H,2H2,(H,9,10). The molecule has 8 heteroatoms. The molecule has 14 heavy (non-hydrogen) atoms. The van der Waals surface area contributed by atoms with Crippen molar-refractivity contribution in [1.29, 1.82) is 0 Å². The number of aliphatic carboxylic acids is 1. The zero-order chi connectivity index (χ0) is 10.9. The van der Waals surface area contributed by atoms with Gasteiger partial charge in [-0.2, -0.15) is 0 Å². The maximum absolute atomic E-state index is 11.4. The van der Waals surface area contributed by atoms with Crippen LogP contribution < -0.4 is 0 Å². The van der Waals surface area contributed by atoms with Crippen LogP contribution in [0.2, 0.25) is 8.67 Å². The molecule has 0 saturated carbocycles. The number of thiophene rings is 1. The van der Waals surface area contributed by atoms with Crippen molar-refractivity contribution < 1.29 is 18.3 Å². The third kappa shape index (κ3) is 2.60. The quantitative estimate of drug-likeness (QED) is 0.914. The highest BCUT2D eigenvalue weighted by Gasteiger charge is 2.23. The van der Waals surface area contributed by atoms with Gasteiger partial charge in [-0.15, -0.1) is 11.3 Å². The summed E-state index contributed by atoms with van der Waals surface area (Å²) in [6, 6.07) is 1.15. The normalized spacial score (nSPS) is 11.6. The van der Waals surface area contributed by atoms with Crippen molar-refractivity contribution in [2.45, 2.75) is 4.90 Å². The van der Waals surface area contributed by atoms with Crippen LogP contribution in [0.15, 0.2) is 11.0 Å². The summed E-state index contributed by atoms with van der Waals surface area (Å²) in [7, 11) is -3.87. The summed E-state index contributed by atoms with van der Waals surface area (Å²) in [5.74, 6) is -2.41. The number of halogens is 2. The van der Waals surface area contributed by atoms with Gasteiger partial charge in [-0.05, 0) is 6.07 Å². The number of carbonyl (C=O) groups is 1. The fourth-order valence-electron chi connectivity index (χ4n) is 0.778. The van der Waals surface area contributed by atoms with Crippen LogP contribution in [-0.4, -0.2) is 25.2 Å². The Morgan fingerprint density at radius 2 is 2.07 bits per heavy atom. The largest absolute Gasteiger partial charge is 0.480 e. The van der Waals surface area contributed by atoms with Crippen LogP contribution in [0.4, 0.5) is 0 Å². The summed E-state index contributed by atoms with van der Waals surface area (Å²) >= 11 is 12.0. The number of rotatable bonds is 3. The molecule has 1 aromatic rings. The first kappa shape index (κ1) is 11.8. The smallest absolute Gasteiger partial charge is 0.319 e. The van der Waals surface area contributed by atoms with Gasteiger partial charge in [0.05, 0.1) is 9.23 Å². The molecule has 0 saturated heterocycles. The van der Waals surface area contributed by atoms with E-state index >= 15 is 0 Å². The molecule has 0 amide bonds. The van der Waals surface area contributed by atoms with E-state index in [9.17, 15) is 13.2 Å². The molecule has 1 aromatic heterocycles. The lowest BCUT2D eigenvalue weighted by molar-refractivity contribution is -0.134. The Morgan fingerprint density at radius 3 is 2.43 bits per heavy atom. The van der Waals surface area contributed by atoms with E-state index < -0.39 is 21.6 Å². The van der Waals surface area contributed by atoms with Gasteiger partial charge in [0, 0.05) is 0 Å². The van der Waals surface area contributed by atoms with Crippen molar-refractivity contribution in [2.75, 3.05) is 5.75 Å². The first-order chi connectivity index (χ1) is 6.33. The second-order valence-electron chi connectivity index (χ2n) is 2.34. The zero-order valence-electron chi connectivity index (χ0n) is 6.53. The molecular formula is C6H4Cl2O4S2. The van der Waals surface area contributed by atoms with Crippen LogP contribution in [0.5, 0.6) is 0 Å². The zero-order valence-corrected chi connectivity index (χ0v) is 9.67. The summed E-state index contributed by atoms with van der Waals surface area (Å²) in [5, 5.41) is 8.36. The van der Waals surface area contributed by atoms with Gasteiger partial charge in [-0.1, -0.05) is 23.2 Å². The lowest BCUT2D eigenvalue weighted by Crippen LogP contribution is -2.14. The Bertz CT molecular complexity index is 462. The topological polar surface area (TPSA) is 71.4 Å². The van der Waals surface area contributed by atoms with Crippen molar-refractivity contribution >= 4 is 50.3 Å². The van der Waals surface area contributed by atoms with Gasteiger partial charge in [-0.25, -0.2) is 8.42 Å². The van der Waals surface area contributed by atoms with E-state index in [2.05, 4.69) is 0 Å². The summed E-state index contributed by atoms with van der Waals surface area (Å²) in [6.07, 6.45) is 0. The molecule has 0 spiro atoms. The molecule has 78 valence electrons. The molecule has 0 aromatic carbocycles. The molecule has 1 heterocycles. The van der Waals surface area contributed by atoms with Crippen molar-refractivity contribution in [1.82, 2.24) is 0 Å². The van der Waals surface area contributed by atoms with E-state index in [0.717, 1.165) is 17.4 Å². The Balaban J connectivity index is 3.16. The van der Waals surface area contributed by atoms with E-state index in [1.807, 2.05) is 0 Å². The lowest BCUT2D eigenvalue weighted by atomic mass is 10.7. The second kappa shape index (κ2) is 4.06. The maximum atomic E-state index is 11.4. The average Bonchev–Trinajstić information content (AvgIpc) is 2.27. The van der Waals surface area contributed by atoms with E-state index in [1.165, 1.54) is 0 Å². The molecule has 0 unspecified atom stereocenters. The molecule has 0 radical (unpaired) electrons.